The molecule has 0 spiro atoms. The predicted octanol–water partition coefficient (Wildman–Crippen LogP) is 4.50. The van der Waals surface area contributed by atoms with Crippen LogP contribution in [0.15, 0.2) is 42.5 Å². The lowest BCUT2D eigenvalue weighted by Crippen LogP contribution is -2.50. The monoisotopic (exact) mass is 380 g/mol. The molecule has 2 aromatic rings. The van der Waals surface area contributed by atoms with E-state index in [1.54, 1.807) is 0 Å². The molecule has 1 aliphatic heterocycles. The summed E-state index contributed by atoms with van der Waals surface area (Å²) in [5, 5.41) is 3.06. The number of nitrogens with one attached hydrogen (secondary N) is 1. The lowest BCUT2D eigenvalue weighted by atomic mass is 10.1. The van der Waals surface area contributed by atoms with Gasteiger partial charge in [-0.15, -0.1) is 0 Å². The molecule has 0 radical (unpaired) electrons. The van der Waals surface area contributed by atoms with Crippen molar-refractivity contribution in [1.82, 2.24) is 4.90 Å². The van der Waals surface area contributed by atoms with Gasteiger partial charge in [0.25, 0.3) is 0 Å². The molecule has 150 valence electrons. The number of rotatable bonds is 5. The minimum Gasteiger partial charge on any atom is -0.372 e. The Bertz CT molecular complexity index is 791. The normalized spacial score (nSPS) is 14.1. The van der Waals surface area contributed by atoms with Crippen molar-refractivity contribution in [2.75, 3.05) is 54.4 Å². The lowest BCUT2D eigenvalue weighted by molar-refractivity contribution is 0.208. The molecule has 2 amide bonds. The van der Waals surface area contributed by atoms with E-state index in [1.807, 2.05) is 24.0 Å². The Morgan fingerprint density at radius 2 is 1.61 bits per heavy atom. The lowest BCUT2D eigenvalue weighted by Gasteiger charge is -2.36. The first-order chi connectivity index (χ1) is 13.5. The zero-order valence-electron chi connectivity index (χ0n) is 17.5. The van der Waals surface area contributed by atoms with Crippen molar-refractivity contribution < 1.29 is 4.79 Å². The van der Waals surface area contributed by atoms with Crippen molar-refractivity contribution in [2.45, 2.75) is 27.7 Å². The van der Waals surface area contributed by atoms with E-state index < -0.39 is 0 Å². The molecule has 1 saturated heterocycles. The molecular formula is C23H32N4O. The number of aryl methyl sites for hydroxylation is 2. The second-order valence-corrected chi connectivity index (χ2v) is 7.41. The van der Waals surface area contributed by atoms with E-state index >= 15 is 0 Å². The molecule has 5 nitrogen and oxygen atoms in total. The predicted molar refractivity (Wildman–Crippen MR) is 119 cm³/mol. The van der Waals surface area contributed by atoms with Gasteiger partial charge in [0.1, 0.15) is 0 Å². The first-order valence-corrected chi connectivity index (χ1v) is 10.2. The molecule has 0 aromatic heterocycles. The highest BCUT2D eigenvalue weighted by atomic mass is 16.2. The topological polar surface area (TPSA) is 38.8 Å². The van der Waals surface area contributed by atoms with Crippen LogP contribution in [-0.4, -0.2) is 50.2 Å². The largest absolute Gasteiger partial charge is 0.372 e. The number of amides is 2. The maximum absolute atomic E-state index is 12.6. The highest BCUT2D eigenvalue weighted by molar-refractivity contribution is 5.90. The van der Waals surface area contributed by atoms with Gasteiger partial charge in [0.05, 0.1) is 0 Å². The quantitative estimate of drug-likeness (QED) is 0.830. The molecule has 5 heteroatoms. The Morgan fingerprint density at radius 3 is 2.18 bits per heavy atom. The average molecular weight is 381 g/mol. The number of urea groups is 1. The summed E-state index contributed by atoms with van der Waals surface area (Å²) in [7, 11) is 0. The fourth-order valence-corrected chi connectivity index (χ4v) is 3.78. The highest BCUT2D eigenvalue weighted by Gasteiger charge is 2.21. The second-order valence-electron chi connectivity index (χ2n) is 7.41. The summed E-state index contributed by atoms with van der Waals surface area (Å²) < 4.78 is 0. The van der Waals surface area contributed by atoms with E-state index in [0.717, 1.165) is 50.5 Å². The van der Waals surface area contributed by atoms with Crippen molar-refractivity contribution >= 4 is 23.1 Å². The molecule has 2 aromatic carbocycles. The summed E-state index contributed by atoms with van der Waals surface area (Å²) in [5.41, 5.74) is 5.69. The minimum atomic E-state index is -0.0107. The first kappa shape index (κ1) is 20.1. The number of carbonyl (C=O) groups excluding carboxylic acids is 1. The fraction of sp³-hybridized carbons (Fsp3) is 0.435. The summed E-state index contributed by atoms with van der Waals surface area (Å²) >= 11 is 0. The van der Waals surface area contributed by atoms with Gasteiger partial charge in [0, 0.05) is 56.3 Å². The van der Waals surface area contributed by atoms with Crippen LogP contribution < -0.4 is 15.1 Å². The second kappa shape index (κ2) is 9.00. The summed E-state index contributed by atoms with van der Waals surface area (Å²) in [6, 6.07) is 14.9. The Hall–Kier alpha value is -2.69. The summed E-state index contributed by atoms with van der Waals surface area (Å²) in [5.74, 6) is 0. The molecule has 0 unspecified atom stereocenters. The Balaban J connectivity index is 1.56. The fourth-order valence-electron chi connectivity index (χ4n) is 3.78. The van der Waals surface area contributed by atoms with Crippen LogP contribution in [0.2, 0.25) is 0 Å². The van der Waals surface area contributed by atoms with Gasteiger partial charge in [0.15, 0.2) is 0 Å². The van der Waals surface area contributed by atoms with Gasteiger partial charge in [0.2, 0.25) is 0 Å². The van der Waals surface area contributed by atoms with Crippen LogP contribution in [0.25, 0.3) is 0 Å². The molecule has 0 aliphatic carbocycles. The van der Waals surface area contributed by atoms with Gasteiger partial charge in [-0.3, -0.25) is 0 Å². The van der Waals surface area contributed by atoms with Gasteiger partial charge in [-0.05, 0) is 63.6 Å². The first-order valence-electron chi connectivity index (χ1n) is 10.2. The van der Waals surface area contributed by atoms with Crippen LogP contribution in [-0.2, 0) is 0 Å². The maximum atomic E-state index is 12.6. The average Bonchev–Trinajstić information content (AvgIpc) is 2.71. The van der Waals surface area contributed by atoms with E-state index in [1.165, 1.54) is 16.9 Å². The number of benzene rings is 2. The molecule has 1 N–H and O–H groups in total. The third-order valence-corrected chi connectivity index (χ3v) is 5.53. The smallest absolute Gasteiger partial charge is 0.321 e. The molecular weight excluding hydrogens is 348 g/mol. The van der Waals surface area contributed by atoms with E-state index in [4.69, 9.17) is 0 Å². The molecule has 0 saturated carbocycles. The van der Waals surface area contributed by atoms with Gasteiger partial charge >= 0.3 is 6.03 Å². The summed E-state index contributed by atoms with van der Waals surface area (Å²) in [6.07, 6.45) is 0. The van der Waals surface area contributed by atoms with Crippen LogP contribution >= 0.6 is 0 Å². The molecule has 1 heterocycles. The molecule has 28 heavy (non-hydrogen) atoms. The summed E-state index contributed by atoms with van der Waals surface area (Å²) in [6.45, 7) is 13.7. The Labute approximate surface area is 168 Å². The van der Waals surface area contributed by atoms with E-state index in [9.17, 15) is 4.79 Å². The van der Waals surface area contributed by atoms with Crippen molar-refractivity contribution in [3.63, 3.8) is 0 Å². The molecule has 3 rings (SSSR count). The maximum Gasteiger partial charge on any atom is 0.321 e. The van der Waals surface area contributed by atoms with Crippen molar-refractivity contribution in [3.8, 4) is 0 Å². The summed E-state index contributed by atoms with van der Waals surface area (Å²) in [4.78, 5) is 19.2. The number of anilines is 3. The van der Waals surface area contributed by atoms with Crippen LogP contribution in [0.5, 0.6) is 0 Å². The van der Waals surface area contributed by atoms with E-state index in [0.29, 0.717) is 0 Å². The van der Waals surface area contributed by atoms with Gasteiger partial charge in [-0.25, -0.2) is 4.79 Å². The molecule has 0 atom stereocenters. The van der Waals surface area contributed by atoms with Crippen LogP contribution in [0.1, 0.15) is 25.0 Å². The number of carbonyl (C=O) groups is 1. The SMILES string of the molecule is CCN(CC)c1ccc(N2CCN(C(=O)Nc3ccc(C)cc3C)CC2)cc1. The standard InChI is InChI=1S/C23H32N4O/c1-5-25(6-2)20-8-10-21(11-9-20)26-13-15-27(16-14-26)23(28)24-22-12-7-18(3)17-19(22)4/h7-12,17H,5-6,13-16H2,1-4H3,(H,24,28). The highest BCUT2D eigenvalue weighted by Crippen LogP contribution is 2.22. The number of hydrogen-bond acceptors (Lipinski definition) is 3. The zero-order valence-corrected chi connectivity index (χ0v) is 17.5. The van der Waals surface area contributed by atoms with Gasteiger partial charge < -0.3 is 20.0 Å². The molecule has 1 aliphatic rings. The van der Waals surface area contributed by atoms with Crippen molar-refractivity contribution in [3.05, 3.63) is 53.6 Å². The van der Waals surface area contributed by atoms with E-state index in [-0.39, 0.29) is 6.03 Å². The Kier molecular flexibility index (Phi) is 6.45. The van der Waals surface area contributed by atoms with E-state index in [2.05, 4.69) is 66.2 Å². The van der Waals surface area contributed by atoms with Crippen molar-refractivity contribution in [2.24, 2.45) is 0 Å². The third kappa shape index (κ3) is 4.58. The Morgan fingerprint density at radius 1 is 0.964 bits per heavy atom. The number of piperazine rings is 1. The van der Waals surface area contributed by atoms with Crippen LogP contribution in [0.3, 0.4) is 0 Å². The number of nitrogens with zero attached hydrogens (tertiary/aromatic N) is 3. The van der Waals surface area contributed by atoms with Gasteiger partial charge in [-0.1, -0.05) is 17.7 Å². The zero-order chi connectivity index (χ0) is 20.1. The minimum absolute atomic E-state index is 0.0107. The number of hydrogen-bond donors (Lipinski definition) is 1. The van der Waals surface area contributed by atoms with Crippen LogP contribution in [0, 0.1) is 13.8 Å². The third-order valence-electron chi connectivity index (χ3n) is 5.53. The van der Waals surface area contributed by atoms with Crippen LogP contribution in [0.4, 0.5) is 21.9 Å². The molecule has 0 bridgehead atoms. The van der Waals surface area contributed by atoms with Gasteiger partial charge in [-0.2, -0.15) is 0 Å². The van der Waals surface area contributed by atoms with Crippen molar-refractivity contribution in [1.29, 1.82) is 0 Å². The molecule has 1 fully saturated rings.